The Bertz CT molecular complexity index is 439. The Labute approximate surface area is 81.6 Å². The molecular formula is C10H10N4. The summed E-state index contributed by atoms with van der Waals surface area (Å²) in [6.45, 7) is 0. The van der Waals surface area contributed by atoms with Gasteiger partial charge in [0.15, 0.2) is 0 Å². The molecule has 14 heavy (non-hydrogen) atoms. The maximum atomic E-state index is 5.82. The Morgan fingerprint density at radius 2 is 1.71 bits per heavy atom. The van der Waals surface area contributed by atoms with E-state index >= 15 is 0 Å². The molecule has 1 aromatic heterocycles. The van der Waals surface area contributed by atoms with E-state index in [-0.39, 0.29) is 0 Å². The Balaban J connectivity index is 2.53. The van der Waals surface area contributed by atoms with Crippen LogP contribution in [0.3, 0.4) is 0 Å². The average Bonchev–Trinajstić information content (AvgIpc) is 2.19. The number of nitrogen functional groups attached to an aromatic ring is 2. The van der Waals surface area contributed by atoms with Crippen LogP contribution < -0.4 is 11.5 Å². The van der Waals surface area contributed by atoms with Crippen molar-refractivity contribution < 1.29 is 0 Å². The predicted molar refractivity (Wildman–Crippen MR) is 56.3 cm³/mol. The van der Waals surface area contributed by atoms with Gasteiger partial charge in [-0.25, -0.2) is 9.97 Å². The third-order valence-electron chi connectivity index (χ3n) is 1.95. The number of benzene rings is 1. The lowest BCUT2D eigenvalue weighted by Crippen LogP contribution is -1.93. The zero-order valence-corrected chi connectivity index (χ0v) is 7.51. The predicted octanol–water partition coefficient (Wildman–Crippen LogP) is 1.31. The van der Waals surface area contributed by atoms with Gasteiger partial charge in [0.2, 0.25) is 0 Å². The number of hydrogen-bond donors (Lipinski definition) is 2. The number of anilines is 2. The van der Waals surface area contributed by atoms with E-state index in [2.05, 4.69) is 9.97 Å². The summed E-state index contributed by atoms with van der Waals surface area (Å²) in [5, 5.41) is 0. The Hall–Kier alpha value is -2.10. The SMILES string of the molecule is Nc1ccc(-c2cncnc2)c(N)c1. The van der Waals surface area contributed by atoms with Gasteiger partial charge < -0.3 is 11.5 Å². The van der Waals surface area contributed by atoms with Crippen LogP contribution in [-0.2, 0) is 0 Å². The van der Waals surface area contributed by atoms with Crippen LogP contribution in [0.1, 0.15) is 0 Å². The highest BCUT2D eigenvalue weighted by Gasteiger charge is 2.02. The molecule has 1 aromatic carbocycles. The van der Waals surface area contributed by atoms with Crippen molar-refractivity contribution >= 4 is 11.4 Å². The van der Waals surface area contributed by atoms with Crippen LogP contribution in [-0.4, -0.2) is 9.97 Å². The molecule has 4 nitrogen and oxygen atoms in total. The van der Waals surface area contributed by atoms with E-state index in [1.807, 2.05) is 6.07 Å². The number of aromatic nitrogens is 2. The topological polar surface area (TPSA) is 77.8 Å². The Morgan fingerprint density at radius 3 is 2.36 bits per heavy atom. The molecular weight excluding hydrogens is 176 g/mol. The van der Waals surface area contributed by atoms with Gasteiger partial charge in [-0.2, -0.15) is 0 Å². The lowest BCUT2D eigenvalue weighted by atomic mass is 10.1. The highest BCUT2D eigenvalue weighted by atomic mass is 14.8. The van der Waals surface area contributed by atoms with Crippen molar-refractivity contribution in [2.24, 2.45) is 0 Å². The van der Waals surface area contributed by atoms with E-state index in [1.54, 1.807) is 24.5 Å². The first-order chi connectivity index (χ1) is 6.77. The highest BCUT2D eigenvalue weighted by Crippen LogP contribution is 2.25. The molecule has 0 amide bonds. The van der Waals surface area contributed by atoms with Crippen LogP contribution in [0.25, 0.3) is 11.1 Å². The van der Waals surface area contributed by atoms with Gasteiger partial charge in [0.25, 0.3) is 0 Å². The summed E-state index contributed by atoms with van der Waals surface area (Å²) < 4.78 is 0. The third-order valence-corrected chi connectivity index (χ3v) is 1.95. The van der Waals surface area contributed by atoms with E-state index in [1.165, 1.54) is 6.33 Å². The Morgan fingerprint density at radius 1 is 1.00 bits per heavy atom. The van der Waals surface area contributed by atoms with Crippen LogP contribution in [0.15, 0.2) is 36.9 Å². The first kappa shape index (κ1) is 8.50. The van der Waals surface area contributed by atoms with Crippen LogP contribution >= 0.6 is 0 Å². The number of nitrogens with two attached hydrogens (primary N) is 2. The molecule has 0 radical (unpaired) electrons. The van der Waals surface area contributed by atoms with Gasteiger partial charge in [-0.3, -0.25) is 0 Å². The highest BCUT2D eigenvalue weighted by molar-refractivity contribution is 5.77. The van der Waals surface area contributed by atoms with Crippen molar-refractivity contribution in [3.8, 4) is 11.1 Å². The molecule has 0 unspecified atom stereocenters. The summed E-state index contributed by atoms with van der Waals surface area (Å²) in [4.78, 5) is 7.85. The quantitative estimate of drug-likeness (QED) is 0.658. The molecule has 0 fully saturated rings. The molecule has 0 aliphatic heterocycles. The molecule has 0 aliphatic rings. The Kier molecular flexibility index (Phi) is 2.02. The van der Waals surface area contributed by atoms with Gasteiger partial charge in [0.05, 0.1) is 0 Å². The summed E-state index contributed by atoms with van der Waals surface area (Å²) in [6.07, 6.45) is 4.92. The van der Waals surface area contributed by atoms with Crippen molar-refractivity contribution in [2.45, 2.75) is 0 Å². The molecule has 0 aliphatic carbocycles. The summed E-state index contributed by atoms with van der Waals surface area (Å²) in [5.41, 5.74) is 14.5. The molecule has 0 spiro atoms. The molecule has 4 N–H and O–H groups in total. The van der Waals surface area contributed by atoms with E-state index < -0.39 is 0 Å². The monoisotopic (exact) mass is 186 g/mol. The minimum Gasteiger partial charge on any atom is -0.399 e. The molecule has 2 aromatic rings. The fraction of sp³-hybridized carbons (Fsp3) is 0. The van der Waals surface area contributed by atoms with E-state index in [0.717, 1.165) is 11.1 Å². The lowest BCUT2D eigenvalue weighted by molar-refractivity contribution is 1.17. The van der Waals surface area contributed by atoms with Gasteiger partial charge in [0.1, 0.15) is 6.33 Å². The third kappa shape index (κ3) is 1.50. The first-order valence-corrected chi connectivity index (χ1v) is 4.18. The fourth-order valence-corrected chi connectivity index (χ4v) is 1.28. The number of hydrogen-bond acceptors (Lipinski definition) is 4. The maximum Gasteiger partial charge on any atom is 0.115 e. The molecule has 70 valence electrons. The van der Waals surface area contributed by atoms with Gasteiger partial charge in [0, 0.05) is 34.9 Å². The molecule has 4 heteroatoms. The minimum atomic E-state index is 0.639. The lowest BCUT2D eigenvalue weighted by Gasteiger charge is -2.05. The van der Waals surface area contributed by atoms with Crippen molar-refractivity contribution in [2.75, 3.05) is 11.5 Å². The van der Waals surface area contributed by atoms with Crippen LogP contribution in [0.2, 0.25) is 0 Å². The van der Waals surface area contributed by atoms with Crippen molar-refractivity contribution in [3.63, 3.8) is 0 Å². The first-order valence-electron chi connectivity index (χ1n) is 4.18. The minimum absolute atomic E-state index is 0.639. The van der Waals surface area contributed by atoms with E-state index in [0.29, 0.717) is 11.4 Å². The molecule has 0 atom stereocenters. The second-order valence-electron chi connectivity index (χ2n) is 2.97. The standard InChI is InChI=1S/C10H10N4/c11-8-1-2-9(10(12)3-8)7-4-13-6-14-5-7/h1-6H,11-12H2. The van der Waals surface area contributed by atoms with Crippen LogP contribution in [0.4, 0.5) is 11.4 Å². The smallest absolute Gasteiger partial charge is 0.115 e. The summed E-state index contributed by atoms with van der Waals surface area (Å²) in [5.74, 6) is 0. The van der Waals surface area contributed by atoms with Crippen LogP contribution in [0, 0.1) is 0 Å². The molecule has 0 bridgehead atoms. The second-order valence-corrected chi connectivity index (χ2v) is 2.97. The zero-order valence-electron chi connectivity index (χ0n) is 7.51. The number of nitrogens with zero attached hydrogens (tertiary/aromatic N) is 2. The van der Waals surface area contributed by atoms with Crippen LogP contribution in [0.5, 0.6) is 0 Å². The fourth-order valence-electron chi connectivity index (χ4n) is 1.28. The second kappa shape index (κ2) is 3.33. The van der Waals surface area contributed by atoms with Crippen molar-refractivity contribution in [1.29, 1.82) is 0 Å². The van der Waals surface area contributed by atoms with Gasteiger partial charge >= 0.3 is 0 Å². The average molecular weight is 186 g/mol. The van der Waals surface area contributed by atoms with E-state index in [9.17, 15) is 0 Å². The molecule has 0 saturated heterocycles. The summed E-state index contributed by atoms with van der Waals surface area (Å²) in [6, 6.07) is 5.39. The molecule has 0 saturated carbocycles. The largest absolute Gasteiger partial charge is 0.399 e. The molecule has 2 rings (SSSR count). The summed E-state index contributed by atoms with van der Waals surface area (Å²) in [7, 11) is 0. The zero-order chi connectivity index (χ0) is 9.97. The van der Waals surface area contributed by atoms with E-state index in [4.69, 9.17) is 11.5 Å². The van der Waals surface area contributed by atoms with Gasteiger partial charge in [-0.05, 0) is 12.1 Å². The molecule has 1 heterocycles. The van der Waals surface area contributed by atoms with Gasteiger partial charge in [-0.15, -0.1) is 0 Å². The van der Waals surface area contributed by atoms with Crippen molar-refractivity contribution in [3.05, 3.63) is 36.9 Å². The maximum absolute atomic E-state index is 5.82. The normalized spacial score (nSPS) is 10.0. The number of rotatable bonds is 1. The van der Waals surface area contributed by atoms with Gasteiger partial charge in [-0.1, -0.05) is 6.07 Å². The van der Waals surface area contributed by atoms with Crippen molar-refractivity contribution in [1.82, 2.24) is 9.97 Å². The summed E-state index contributed by atoms with van der Waals surface area (Å²) >= 11 is 0.